The first-order chi connectivity index (χ1) is 29.2. The second kappa shape index (κ2) is 12.4. The molecule has 6 heteroatoms. The highest BCUT2D eigenvalue weighted by molar-refractivity contribution is 7.25. The molecule has 0 aliphatic heterocycles. The Balaban J connectivity index is 1.03. The van der Waals surface area contributed by atoms with Crippen molar-refractivity contribution in [2.45, 2.75) is 0 Å². The zero-order valence-corrected chi connectivity index (χ0v) is 32.2. The Hall–Kier alpha value is -7.67. The quantitative estimate of drug-likeness (QED) is 0.179. The third-order valence-corrected chi connectivity index (χ3v) is 12.9. The lowest BCUT2D eigenvalue weighted by atomic mass is 10.0. The van der Waals surface area contributed by atoms with Crippen molar-refractivity contribution in [2.75, 3.05) is 0 Å². The number of fused-ring (bicyclic) bond motifs is 12. The first-order valence-corrected chi connectivity index (χ1v) is 20.6. The highest BCUT2D eigenvalue weighted by Crippen LogP contribution is 2.43. The molecule has 0 aliphatic rings. The first kappa shape index (κ1) is 32.4. The molecule has 4 heterocycles. The van der Waals surface area contributed by atoms with Crippen LogP contribution < -0.4 is 0 Å². The number of nitrogens with zero attached hydrogens (tertiary/aromatic N) is 4. The maximum atomic E-state index is 6.77. The number of aromatic nitrogens is 4. The van der Waals surface area contributed by atoms with Crippen LogP contribution in [0.3, 0.4) is 0 Å². The fourth-order valence-corrected chi connectivity index (χ4v) is 10.2. The van der Waals surface area contributed by atoms with E-state index in [1.165, 1.54) is 47.2 Å². The zero-order valence-electron chi connectivity index (χ0n) is 31.4. The van der Waals surface area contributed by atoms with Crippen molar-refractivity contribution in [1.82, 2.24) is 19.5 Å². The van der Waals surface area contributed by atoms with Gasteiger partial charge in [-0.3, -0.25) is 0 Å². The van der Waals surface area contributed by atoms with Crippen molar-refractivity contribution < 1.29 is 4.42 Å². The number of thiophene rings is 1. The van der Waals surface area contributed by atoms with Gasteiger partial charge in [0.25, 0.3) is 0 Å². The number of benzene rings is 9. The molecule has 0 aliphatic carbocycles. The molecule has 13 aromatic rings. The van der Waals surface area contributed by atoms with Gasteiger partial charge in [0, 0.05) is 69.9 Å². The molecule has 59 heavy (non-hydrogen) atoms. The minimum absolute atomic E-state index is 0.610. The average Bonchev–Trinajstić information content (AvgIpc) is 3.97. The predicted octanol–water partition coefficient (Wildman–Crippen LogP) is 14.5. The van der Waals surface area contributed by atoms with Gasteiger partial charge in [-0.05, 0) is 76.8 Å². The van der Waals surface area contributed by atoms with Crippen molar-refractivity contribution in [3.05, 3.63) is 182 Å². The van der Waals surface area contributed by atoms with Gasteiger partial charge in [-0.2, -0.15) is 0 Å². The van der Waals surface area contributed by atoms with Crippen molar-refractivity contribution >= 4 is 96.8 Å². The molecule has 274 valence electrons. The van der Waals surface area contributed by atoms with Crippen LogP contribution in [-0.4, -0.2) is 19.5 Å². The van der Waals surface area contributed by atoms with Crippen molar-refractivity contribution in [3.8, 4) is 39.9 Å². The molecule has 13 rings (SSSR count). The highest BCUT2D eigenvalue weighted by Gasteiger charge is 2.21. The second-order valence-electron chi connectivity index (χ2n) is 15.2. The summed E-state index contributed by atoms with van der Waals surface area (Å²) in [5.41, 5.74) is 7.83. The maximum absolute atomic E-state index is 6.77. The van der Waals surface area contributed by atoms with E-state index in [0.29, 0.717) is 17.5 Å². The Morgan fingerprint density at radius 3 is 1.80 bits per heavy atom. The number of rotatable bonds is 4. The second-order valence-corrected chi connectivity index (χ2v) is 16.3. The lowest BCUT2D eigenvalue weighted by Gasteiger charge is -2.13. The van der Waals surface area contributed by atoms with E-state index in [1.54, 1.807) is 11.3 Å². The average molecular weight is 771 g/mol. The lowest BCUT2D eigenvalue weighted by molar-refractivity contribution is 0.669. The van der Waals surface area contributed by atoms with Crippen molar-refractivity contribution in [3.63, 3.8) is 0 Å². The van der Waals surface area contributed by atoms with Crippen LogP contribution >= 0.6 is 11.3 Å². The van der Waals surface area contributed by atoms with Gasteiger partial charge in [0.1, 0.15) is 11.2 Å². The van der Waals surface area contributed by atoms with Gasteiger partial charge in [-0.25, -0.2) is 15.0 Å². The molecule has 4 aromatic heterocycles. The van der Waals surface area contributed by atoms with Crippen LogP contribution in [0.5, 0.6) is 0 Å². The summed E-state index contributed by atoms with van der Waals surface area (Å²) in [5, 5.41) is 11.7. The number of para-hydroxylation sites is 1. The number of furan rings is 1. The molecule has 0 N–H and O–H groups in total. The largest absolute Gasteiger partial charge is 0.456 e. The van der Waals surface area contributed by atoms with Crippen LogP contribution in [-0.2, 0) is 0 Å². The molecular weight excluding hydrogens is 741 g/mol. The lowest BCUT2D eigenvalue weighted by Crippen LogP contribution is -2.00. The molecule has 0 atom stereocenters. The molecule has 0 amide bonds. The van der Waals surface area contributed by atoms with Crippen LogP contribution in [0.15, 0.2) is 186 Å². The summed E-state index contributed by atoms with van der Waals surface area (Å²) in [4.78, 5) is 15.4. The summed E-state index contributed by atoms with van der Waals surface area (Å²) in [6, 6.07) is 64.4. The van der Waals surface area contributed by atoms with Crippen molar-refractivity contribution in [1.29, 1.82) is 0 Å². The maximum Gasteiger partial charge on any atom is 0.164 e. The third kappa shape index (κ3) is 4.94. The highest BCUT2D eigenvalue weighted by atomic mass is 32.1. The van der Waals surface area contributed by atoms with Gasteiger partial charge in [-0.15, -0.1) is 11.3 Å². The SMILES string of the molecule is c1ccc(-c2nc(-c3ccc4sc5ccccc5c4c3)nc(-c3ccc4oc5cc(-n6c7ccccc7c7cc8ccccc8cc76)c6ccccc6c5c4c3)n2)cc1. The minimum atomic E-state index is 0.610. The van der Waals surface area contributed by atoms with E-state index < -0.39 is 0 Å². The molecule has 0 saturated carbocycles. The Morgan fingerprint density at radius 1 is 0.373 bits per heavy atom. The van der Waals surface area contributed by atoms with Crippen LogP contribution in [0.2, 0.25) is 0 Å². The molecule has 0 spiro atoms. The topological polar surface area (TPSA) is 56.7 Å². The van der Waals surface area contributed by atoms with E-state index >= 15 is 0 Å². The first-order valence-electron chi connectivity index (χ1n) is 19.8. The fourth-order valence-electron chi connectivity index (χ4n) is 9.08. The Bertz CT molecular complexity index is 3860. The van der Waals surface area contributed by atoms with E-state index in [1.807, 2.05) is 18.2 Å². The molecule has 0 unspecified atom stereocenters. The molecular formula is C53H30N4OS. The predicted molar refractivity (Wildman–Crippen MR) is 246 cm³/mol. The molecule has 5 nitrogen and oxygen atoms in total. The summed E-state index contributed by atoms with van der Waals surface area (Å²) >= 11 is 1.81. The standard InChI is InChI=1S/C53H30N4OS/c1-2-12-31(13-3-1)51-54-52(56-53(55-51)35-23-25-49-41(27-35)38-18-9-11-21-48(38)59-49)34-22-24-46-42(28-34)50-39-19-7-6-16-36(39)45(30-47(50)58-46)57-43-20-10-8-17-37(43)40-26-32-14-4-5-15-33(32)29-44(40)57/h1-30H. The zero-order chi connectivity index (χ0) is 38.6. The van der Waals surface area contributed by atoms with Gasteiger partial charge < -0.3 is 8.98 Å². The van der Waals surface area contributed by atoms with Crippen LogP contribution in [0.4, 0.5) is 0 Å². The summed E-state index contributed by atoms with van der Waals surface area (Å²) < 4.78 is 11.7. The van der Waals surface area contributed by atoms with E-state index in [0.717, 1.165) is 60.6 Å². The van der Waals surface area contributed by atoms with Crippen LogP contribution in [0.25, 0.3) is 125 Å². The Morgan fingerprint density at radius 2 is 0.983 bits per heavy atom. The van der Waals surface area contributed by atoms with Gasteiger partial charge in [0.15, 0.2) is 17.5 Å². The number of hydrogen-bond acceptors (Lipinski definition) is 5. The normalized spacial score (nSPS) is 12.1. The summed E-state index contributed by atoms with van der Waals surface area (Å²) in [7, 11) is 0. The summed E-state index contributed by atoms with van der Waals surface area (Å²) in [5.74, 6) is 1.88. The Kier molecular flexibility index (Phi) is 6.82. The summed E-state index contributed by atoms with van der Waals surface area (Å²) in [6.45, 7) is 0. The van der Waals surface area contributed by atoms with Gasteiger partial charge in [0.2, 0.25) is 0 Å². The molecule has 0 bridgehead atoms. The number of hydrogen-bond donors (Lipinski definition) is 0. The smallest absolute Gasteiger partial charge is 0.164 e. The fraction of sp³-hybridized carbons (Fsp3) is 0. The van der Waals surface area contributed by atoms with E-state index in [2.05, 4.69) is 168 Å². The molecule has 9 aromatic carbocycles. The molecule has 0 radical (unpaired) electrons. The van der Waals surface area contributed by atoms with Crippen molar-refractivity contribution in [2.24, 2.45) is 0 Å². The third-order valence-electron chi connectivity index (χ3n) is 11.8. The Labute approximate surface area is 341 Å². The van der Waals surface area contributed by atoms with Gasteiger partial charge >= 0.3 is 0 Å². The van der Waals surface area contributed by atoms with E-state index in [-0.39, 0.29) is 0 Å². The molecule has 0 fully saturated rings. The summed E-state index contributed by atoms with van der Waals surface area (Å²) in [6.07, 6.45) is 0. The van der Waals surface area contributed by atoms with E-state index in [9.17, 15) is 0 Å². The minimum Gasteiger partial charge on any atom is -0.456 e. The van der Waals surface area contributed by atoms with Crippen LogP contribution in [0.1, 0.15) is 0 Å². The van der Waals surface area contributed by atoms with E-state index in [4.69, 9.17) is 19.4 Å². The monoisotopic (exact) mass is 770 g/mol. The van der Waals surface area contributed by atoms with Crippen LogP contribution in [0, 0.1) is 0 Å². The molecule has 0 saturated heterocycles. The van der Waals surface area contributed by atoms with Gasteiger partial charge in [0.05, 0.1) is 16.7 Å². The van der Waals surface area contributed by atoms with Gasteiger partial charge in [-0.1, -0.05) is 115 Å².